The zero-order chi connectivity index (χ0) is 17.4. The number of nitrogens with zero attached hydrogens (tertiary/aromatic N) is 1. The Morgan fingerprint density at radius 3 is 2.84 bits per heavy atom. The summed E-state index contributed by atoms with van der Waals surface area (Å²) in [6.07, 6.45) is 5.20. The van der Waals surface area contributed by atoms with E-state index in [1.165, 1.54) is 27.7 Å². The van der Waals surface area contributed by atoms with Gasteiger partial charge in [-0.2, -0.15) is 0 Å². The van der Waals surface area contributed by atoms with E-state index in [0.717, 1.165) is 25.1 Å². The molecule has 130 valence electrons. The summed E-state index contributed by atoms with van der Waals surface area (Å²) in [6.45, 7) is 5.89. The molecule has 2 unspecified atom stereocenters. The molecule has 1 aliphatic heterocycles. The third-order valence-electron chi connectivity index (χ3n) is 5.42. The van der Waals surface area contributed by atoms with Gasteiger partial charge in [0, 0.05) is 41.5 Å². The number of rotatable bonds is 3. The first-order valence-electron chi connectivity index (χ1n) is 8.99. The van der Waals surface area contributed by atoms with Crippen molar-refractivity contribution in [3.05, 3.63) is 65.1 Å². The van der Waals surface area contributed by atoms with Crippen molar-refractivity contribution in [3.8, 4) is 0 Å². The number of hydrogen-bond donors (Lipinski definition) is 3. The van der Waals surface area contributed by atoms with Crippen LogP contribution in [-0.4, -0.2) is 21.6 Å². The molecule has 0 spiro atoms. The molecule has 3 aromatic rings. The molecule has 0 aliphatic carbocycles. The highest BCUT2D eigenvalue weighted by molar-refractivity contribution is 5.85. The number of pyridine rings is 1. The zero-order valence-electron chi connectivity index (χ0n) is 14.8. The van der Waals surface area contributed by atoms with Gasteiger partial charge >= 0.3 is 0 Å². The predicted molar refractivity (Wildman–Crippen MR) is 101 cm³/mol. The fourth-order valence-corrected chi connectivity index (χ4v) is 4.07. The summed E-state index contributed by atoms with van der Waals surface area (Å²) < 4.78 is 0. The molecule has 3 N–H and O–H groups in total. The third-order valence-corrected chi connectivity index (χ3v) is 5.42. The number of hydrogen-bond acceptors (Lipinski definition) is 3. The van der Waals surface area contributed by atoms with E-state index < -0.39 is 5.60 Å². The fourth-order valence-electron chi connectivity index (χ4n) is 4.07. The molecule has 0 amide bonds. The van der Waals surface area contributed by atoms with Crippen LogP contribution in [0, 0.1) is 6.92 Å². The Bertz CT molecular complexity index is 883. The molecule has 1 aromatic carbocycles. The lowest BCUT2D eigenvalue weighted by Crippen LogP contribution is -2.25. The quantitative estimate of drug-likeness (QED) is 0.683. The van der Waals surface area contributed by atoms with Crippen LogP contribution in [0.25, 0.3) is 10.9 Å². The summed E-state index contributed by atoms with van der Waals surface area (Å²) in [6, 6.07) is 10.4. The van der Waals surface area contributed by atoms with E-state index in [9.17, 15) is 5.11 Å². The number of fused-ring (bicyclic) bond motifs is 3. The smallest absolute Gasteiger partial charge is 0.0876 e. The second-order valence-electron chi connectivity index (χ2n) is 7.44. The maximum atomic E-state index is 11.1. The van der Waals surface area contributed by atoms with E-state index in [-0.39, 0.29) is 0 Å². The minimum atomic E-state index is -0.873. The van der Waals surface area contributed by atoms with Crippen LogP contribution in [0.15, 0.2) is 42.7 Å². The molecule has 2 atom stereocenters. The predicted octanol–water partition coefficient (Wildman–Crippen LogP) is 3.75. The van der Waals surface area contributed by atoms with E-state index in [1.807, 2.05) is 19.1 Å². The Balaban J connectivity index is 1.73. The number of aromatic nitrogens is 2. The van der Waals surface area contributed by atoms with Crippen LogP contribution in [0.4, 0.5) is 0 Å². The SMILES string of the molecule is Cc1ccc2[nH]c3c(c2c1)CNCCC3CC(C)(O)c1ccncc1. The zero-order valence-corrected chi connectivity index (χ0v) is 14.8. The van der Waals surface area contributed by atoms with Crippen molar-refractivity contribution < 1.29 is 5.11 Å². The molecule has 0 saturated heterocycles. The average molecular weight is 335 g/mol. The number of aromatic amines is 1. The normalized spacial score (nSPS) is 20.0. The maximum Gasteiger partial charge on any atom is 0.0876 e. The molecule has 0 radical (unpaired) electrons. The van der Waals surface area contributed by atoms with Crippen LogP contribution >= 0.6 is 0 Å². The summed E-state index contributed by atoms with van der Waals surface area (Å²) >= 11 is 0. The Labute approximate surface area is 148 Å². The van der Waals surface area contributed by atoms with Crippen molar-refractivity contribution >= 4 is 10.9 Å². The summed E-state index contributed by atoms with van der Waals surface area (Å²) in [4.78, 5) is 7.71. The van der Waals surface area contributed by atoms with Gasteiger partial charge in [-0.05, 0) is 68.6 Å². The summed E-state index contributed by atoms with van der Waals surface area (Å²) in [7, 11) is 0. The summed E-state index contributed by atoms with van der Waals surface area (Å²) in [5.41, 5.74) is 5.15. The third kappa shape index (κ3) is 3.08. The van der Waals surface area contributed by atoms with Crippen LogP contribution in [0.5, 0.6) is 0 Å². The molecule has 25 heavy (non-hydrogen) atoms. The molecule has 3 heterocycles. The molecule has 4 heteroatoms. The van der Waals surface area contributed by atoms with Gasteiger partial charge in [0.15, 0.2) is 0 Å². The minimum absolute atomic E-state index is 0.292. The Kier molecular flexibility index (Phi) is 4.10. The largest absolute Gasteiger partial charge is 0.385 e. The molecule has 2 aromatic heterocycles. The lowest BCUT2D eigenvalue weighted by Gasteiger charge is -2.28. The number of H-pyrrole nitrogens is 1. The Morgan fingerprint density at radius 1 is 1.24 bits per heavy atom. The van der Waals surface area contributed by atoms with Crippen molar-refractivity contribution in [2.45, 2.75) is 44.8 Å². The average Bonchev–Trinajstić information content (AvgIpc) is 2.84. The van der Waals surface area contributed by atoms with Crippen LogP contribution in [0.2, 0.25) is 0 Å². The lowest BCUT2D eigenvalue weighted by molar-refractivity contribution is 0.0387. The van der Waals surface area contributed by atoms with Crippen molar-refractivity contribution in [1.82, 2.24) is 15.3 Å². The molecular weight excluding hydrogens is 310 g/mol. The Hall–Kier alpha value is -2.17. The van der Waals surface area contributed by atoms with E-state index in [1.54, 1.807) is 12.4 Å². The highest BCUT2D eigenvalue weighted by atomic mass is 16.3. The second-order valence-corrected chi connectivity index (χ2v) is 7.44. The van der Waals surface area contributed by atoms with Crippen molar-refractivity contribution in [1.29, 1.82) is 0 Å². The highest BCUT2D eigenvalue weighted by Gasteiger charge is 2.31. The van der Waals surface area contributed by atoms with Gasteiger partial charge < -0.3 is 15.4 Å². The fraction of sp³-hybridized carbons (Fsp3) is 0.381. The van der Waals surface area contributed by atoms with E-state index >= 15 is 0 Å². The molecule has 0 bridgehead atoms. The van der Waals surface area contributed by atoms with Gasteiger partial charge in [-0.1, -0.05) is 11.6 Å². The van der Waals surface area contributed by atoms with Crippen LogP contribution < -0.4 is 5.32 Å². The van der Waals surface area contributed by atoms with E-state index in [4.69, 9.17) is 0 Å². The van der Waals surface area contributed by atoms with Crippen molar-refractivity contribution in [2.75, 3.05) is 6.54 Å². The van der Waals surface area contributed by atoms with E-state index in [0.29, 0.717) is 12.3 Å². The highest BCUT2D eigenvalue weighted by Crippen LogP contribution is 2.39. The lowest BCUT2D eigenvalue weighted by atomic mass is 9.83. The van der Waals surface area contributed by atoms with Crippen molar-refractivity contribution in [2.24, 2.45) is 0 Å². The van der Waals surface area contributed by atoms with Crippen LogP contribution in [0.3, 0.4) is 0 Å². The number of aryl methyl sites for hydroxylation is 1. The molecule has 0 fully saturated rings. The van der Waals surface area contributed by atoms with Gasteiger partial charge in [0.05, 0.1) is 5.60 Å². The van der Waals surface area contributed by atoms with Crippen LogP contribution in [-0.2, 0) is 12.1 Å². The first-order chi connectivity index (χ1) is 12.0. The molecule has 1 aliphatic rings. The number of benzene rings is 1. The molecule has 4 nitrogen and oxygen atoms in total. The summed E-state index contributed by atoms with van der Waals surface area (Å²) in [5.74, 6) is 0.292. The first kappa shape index (κ1) is 16.3. The van der Waals surface area contributed by atoms with Gasteiger partial charge in [0.25, 0.3) is 0 Å². The molecule has 4 rings (SSSR count). The van der Waals surface area contributed by atoms with Gasteiger partial charge in [-0.25, -0.2) is 0 Å². The van der Waals surface area contributed by atoms with Gasteiger partial charge in [-0.15, -0.1) is 0 Å². The van der Waals surface area contributed by atoms with Crippen LogP contribution in [0.1, 0.15) is 48.1 Å². The number of aliphatic hydroxyl groups is 1. The first-order valence-corrected chi connectivity index (χ1v) is 8.99. The minimum Gasteiger partial charge on any atom is -0.385 e. The van der Waals surface area contributed by atoms with Gasteiger partial charge in [-0.3, -0.25) is 4.98 Å². The summed E-state index contributed by atoms with van der Waals surface area (Å²) in [5, 5.41) is 16.0. The van der Waals surface area contributed by atoms with Crippen molar-refractivity contribution in [3.63, 3.8) is 0 Å². The topological polar surface area (TPSA) is 60.9 Å². The standard InChI is InChI=1S/C21H25N3O/c1-14-3-4-19-17(11-14)18-13-23-8-5-15(20(18)24-19)12-21(2,25)16-6-9-22-10-7-16/h3-4,6-7,9-11,15,23-25H,5,8,12-13H2,1-2H3. The van der Waals surface area contributed by atoms with Gasteiger partial charge in [0.1, 0.15) is 0 Å². The second kappa shape index (κ2) is 6.28. The van der Waals surface area contributed by atoms with E-state index in [2.05, 4.69) is 40.4 Å². The molecule has 0 saturated carbocycles. The molecular formula is C21H25N3O. The monoisotopic (exact) mass is 335 g/mol. The maximum absolute atomic E-state index is 11.1. The Morgan fingerprint density at radius 2 is 2.04 bits per heavy atom. The number of nitrogens with one attached hydrogen (secondary N) is 2. The van der Waals surface area contributed by atoms with Gasteiger partial charge in [0.2, 0.25) is 0 Å².